The molecule has 0 fully saturated rings. The minimum Gasteiger partial charge on any atom is -0.346 e. The largest absolute Gasteiger partial charge is 0.346 e. The smallest absolute Gasteiger partial charge is 0.341 e. The van der Waals surface area contributed by atoms with Crippen molar-refractivity contribution in [2.75, 3.05) is 0 Å². The molecule has 0 aliphatic carbocycles. The number of hydrogen-bond donors (Lipinski definition) is 1. The van der Waals surface area contributed by atoms with Crippen molar-refractivity contribution in [3.8, 4) is 0 Å². The van der Waals surface area contributed by atoms with E-state index >= 15 is 0 Å². The van der Waals surface area contributed by atoms with E-state index in [1.165, 1.54) is 0 Å². The Morgan fingerprint density at radius 2 is 2.11 bits per heavy atom. The first kappa shape index (κ1) is 8.72. The maximum atomic E-state index is 10.5. The van der Waals surface area contributed by atoms with Gasteiger partial charge in [-0.3, -0.25) is 0 Å². The Kier molecular flexibility index (Phi) is 3.58. The van der Waals surface area contributed by atoms with Gasteiger partial charge in [0.1, 0.15) is 17.9 Å². The molecule has 0 amide bonds. The Morgan fingerprint density at radius 3 is 2.22 bits per heavy atom. The molecule has 0 heterocycles. The SMILES string of the molecule is CC(C)C(N)C(=O)OCl. The van der Waals surface area contributed by atoms with Crippen LogP contribution in [0.2, 0.25) is 0 Å². The number of hydrogen-bond acceptors (Lipinski definition) is 3. The van der Waals surface area contributed by atoms with Crippen LogP contribution in [0.3, 0.4) is 0 Å². The van der Waals surface area contributed by atoms with Gasteiger partial charge in [-0.1, -0.05) is 13.8 Å². The summed E-state index contributed by atoms with van der Waals surface area (Å²) in [6.07, 6.45) is 0. The van der Waals surface area contributed by atoms with Crippen LogP contribution in [-0.4, -0.2) is 12.0 Å². The van der Waals surface area contributed by atoms with Crippen LogP contribution in [0.15, 0.2) is 0 Å². The summed E-state index contributed by atoms with van der Waals surface area (Å²) in [6.45, 7) is 3.64. The maximum absolute atomic E-state index is 10.5. The van der Waals surface area contributed by atoms with E-state index in [9.17, 15) is 4.79 Å². The van der Waals surface area contributed by atoms with Gasteiger partial charge < -0.3 is 10.0 Å². The van der Waals surface area contributed by atoms with Crippen LogP contribution >= 0.6 is 11.9 Å². The predicted octanol–water partition coefficient (Wildman–Crippen LogP) is 0.667. The third-order valence-electron chi connectivity index (χ3n) is 1.07. The molecule has 0 spiro atoms. The van der Waals surface area contributed by atoms with Crippen molar-refractivity contribution in [1.82, 2.24) is 0 Å². The van der Waals surface area contributed by atoms with Crippen LogP contribution < -0.4 is 5.73 Å². The van der Waals surface area contributed by atoms with Crippen LogP contribution in [0, 0.1) is 5.92 Å². The second kappa shape index (κ2) is 3.69. The lowest BCUT2D eigenvalue weighted by Gasteiger charge is -2.09. The van der Waals surface area contributed by atoms with Crippen LogP contribution in [0.4, 0.5) is 0 Å². The lowest BCUT2D eigenvalue weighted by molar-refractivity contribution is -0.136. The monoisotopic (exact) mass is 151 g/mol. The normalized spacial score (nSPS) is 13.4. The molecule has 4 heteroatoms. The van der Waals surface area contributed by atoms with Gasteiger partial charge in [0.15, 0.2) is 0 Å². The summed E-state index contributed by atoms with van der Waals surface area (Å²) in [7, 11) is 0. The Bertz CT molecular complexity index is 105. The average molecular weight is 152 g/mol. The number of nitrogens with two attached hydrogens (primary N) is 1. The van der Waals surface area contributed by atoms with Gasteiger partial charge >= 0.3 is 5.97 Å². The lowest BCUT2D eigenvalue weighted by Crippen LogP contribution is -2.35. The molecule has 0 rings (SSSR count). The minimum absolute atomic E-state index is 0.0660. The fraction of sp³-hybridized carbons (Fsp3) is 0.800. The summed E-state index contributed by atoms with van der Waals surface area (Å²) < 4.78 is 3.88. The zero-order chi connectivity index (χ0) is 7.44. The molecule has 0 aromatic heterocycles. The van der Waals surface area contributed by atoms with Gasteiger partial charge in [0, 0.05) is 0 Å². The zero-order valence-electron chi connectivity index (χ0n) is 5.43. The number of halogens is 1. The molecule has 9 heavy (non-hydrogen) atoms. The molecular weight excluding hydrogens is 142 g/mol. The van der Waals surface area contributed by atoms with E-state index in [4.69, 9.17) is 17.6 Å². The van der Waals surface area contributed by atoms with Crippen molar-refractivity contribution >= 4 is 17.8 Å². The van der Waals surface area contributed by atoms with E-state index in [2.05, 4.69) is 4.29 Å². The van der Waals surface area contributed by atoms with Gasteiger partial charge in [-0.15, -0.1) is 0 Å². The first-order valence-electron chi connectivity index (χ1n) is 2.67. The molecule has 0 aliphatic rings. The van der Waals surface area contributed by atoms with E-state index in [0.29, 0.717) is 0 Å². The molecule has 1 unspecified atom stereocenters. The van der Waals surface area contributed by atoms with Crippen molar-refractivity contribution in [2.45, 2.75) is 19.9 Å². The van der Waals surface area contributed by atoms with Crippen molar-refractivity contribution in [3.05, 3.63) is 0 Å². The molecule has 54 valence electrons. The Labute approximate surface area is 59.3 Å². The first-order valence-corrected chi connectivity index (χ1v) is 2.98. The van der Waals surface area contributed by atoms with Gasteiger partial charge in [0.2, 0.25) is 0 Å². The summed E-state index contributed by atoms with van der Waals surface area (Å²) in [5.41, 5.74) is 5.31. The molecule has 0 radical (unpaired) electrons. The van der Waals surface area contributed by atoms with Crippen molar-refractivity contribution in [2.24, 2.45) is 11.7 Å². The third-order valence-corrected chi connectivity index (χ3v) is 1.22. The van der Waals surface area contributed by atoms with Crippen molar-refractivity contribution in [3.63, 3.8) is 0 Å². The average Bonchev–Trinajstić information content (AvgIpc) is 1.84. The Hall–Kier alpha value is -0.280. The van der Waals surface area contributed by atoms with Crippen LogP contribution in [0.25, 0.3) is 0 Å². The standard InChI is InChI=1S/C5H10ClNO2/c1-3(2)4(7)5(8)9-6/h3-4H,7H2,1-2H3. The first-order chi connectivity index (χ1) is 4.09. The zero-order valence-corrected chi connectivity index (χ0v) is 6.18. The summed E-state index contributed by atoms with van der Waals surface area (Å²) >= 11 is 4.76. The predicted molar refractivity (Wildman–Crippen MR) is 34.8 cm³/mol. The maximum Gasteiger partial charge on any atom is 0.341 e. The molecule has 0 saturated heterocycles. The van der Waals surface area contributed by atoms with Gasteiger partial charge in [-0.25, -0.2) is 4.79 Å². The topological polar surface area (TPSA) is 52.3 Å². The molecule has 0 aromatic rings. The van der Waals surface area contributed by atoms with Gasteiger partial charge in [0.05, 0.1) is 0 Å². The minimum atomic E-state index is -0.609. The summed E-state index contributed by atoms with van der Waals surface area (Å²) in [5, 5.41) is 0. The summed E-state index contributed by atoms with van der Waals surface area (Å²) in [4.78, 5) is 10.5. The quantitative estimate of drug-likeness (QED) is 0.631. The second-order valence-electron chi connectivity index (χ2n) is 2.17. The highest BCUT2D eigenvalue weighted by Crippen LogP contribution is 2.00. The Balaban J connectivity index is 3.72. The Morgan fingerprint density at radius 1 is 1.67 bits per heavy atom. The highest BCUT2D eigenvalue weighted by molar-refractivity contribution is 6.13. The van der Waals surface area contributed by atoms with E-state index in [0.717, 1.165) is 0 Å². The van der Waals surface area contributed by atoms with Crippen molar-refractivity contribution in [1.29, 1.82) is 0 Å². The fourth-order valence-electron chi connectivity index (χ4n) is 0.324. The summed E-state index contributed by atoms with van der Waals surface area (Å²) in [5.74, 6) is -0.511. The second-order valence-corrected chi connectivity index (χ2v) is 2.32. The molecule has 0 saturated carbocycles. The van der Waals surface area contributed by atoms with E-state index in [-0.39, 0.29) is 5.92 Å². The van der Waals surface area contributed by atoms with Gasteiger partial charge in [0.25, 0.3) is 0 Å². The molecule has 0 bridgehead atoms. The molecule has 1 atom stereocenters. The highest BCUT2D eigenvalue weighted by atomic mass is 35.5. The van der Waals surface area contributed by atoms with E-state index < -0.39 is 12.0 Å². The number of rotatable bonds is 2. The van der Waals surface area contributed by atoms with E-state index in [1.54, 1.807) is 0 Å². The van der Waals surface area contributed by atoms with Gasteiger partial charge in [-0.2, -0.15) is 0 Å². The molecule has 0 aromatic carbocycles. The van der Waals surface area contributed by atoms with Gasteiger partial charge in [-0.05, 0) is 5.92 Å². The number of carbonyl (C=O) groups excluding carboxylic acids is 1. The fourth-order valence-corrected chi connectivity index (χ4v) is 0.426. The van der Waals surface area contributed by atoms with E-state index in [1.807, 2.05) is 13.8 Å². The van der Waals surface area contributed by atoms with Crippen LogP contribution in [-0.2, 0) is 9.08 Å². The number of carbonyl (C=O) groups is 1. The van der Waals surface area contributed by atoms with Crippen LogP contribution in [0.1, 0.15) is 13.8 Å². The highest BCUT2D eigenvalue weighted by Gasteiger charge is 2.17. The lowest BCUT2D eigenvalue weighted by atomic mass is 10.1. The van der Waals surface area contributed by atoms with Crippen molar-refractivity contribution < 1.29 is 9.08 Å². The third kappa shape index (κ3) is 2.67. The summed E-state index contributed by atoms with van der Waals surface area (Å²) in [6, 6.07) is -0.609. The molecule has 3 nitrogen and oxygen atoms in total. The van der Waals surface area contributed by atoms with Crippen LogP contribution in [0.5, 0.6) is 0 Å². The molecule has 0 aliphatic heterocycles. The molecule has 2 N–H and O–H groups in total. The molecular formula is C5H10ClNO2.